The quantitative estimate of drug-likeness (QED) is 0.262. The van der Waals surface area contributed by atoms with Crippen LogP contribution in [0, 0.1) is 0 Å². The van der Waals surface area contributed by atoms with Crippen molar-refractivity contribution in [1.82, 2.24) is 25.3 Å². The van der Waals surface area contributed by atoms with Crippen LogP contribution in [0.15, 0.2) is 67.1 Å². The fourth-order valence-corrected chi connectivity index (χ4v) is 7.05. The first-order chi connectivity index (χ1) is 17.8. The molecule has 8 rings (SSSR count). The lowest BCUT2D eigenvalue weighted by Crippen LogP contribution is -2.13. The third-order valence-electron chi connectivity index (χ3n) is 8.74. The monoisotopic (exact) mass is 471 g/mol. The molecule has 0 spiro atoms. The minimum atomic E-state index is 0.361. The Labute approximate surface area is 210 Å². The average Bonchev–Trinajstić information content (AvgIpc) is 3.76. The summed E-state index contributed by atoms with van der Waals surface area (Å²) in [4.78, 5) is 15.9. The lowest BCUT2D eigenvalue weighted by molar-refractivity contribution is 0.614. The molecule has 5 nitrogen and oxygen atoms in total. The molecular weight excluding hydrogens is 442 g/mol. The Morgan fingerprint density at radius 1 is 0.778 bits per heavy atom. The van der Waals surface area contributed by atoms with Crippen LogP contribution in [-0.4, -0.2) is 26.5 Å². The van der Waals surface area contributed by atoms with Gasteiger partial charge in [-0.25, -0.2) is 9.97 Å². The number of nitrogens with one attached hydrogen (secondary N) is 3. The second kappa shape index (κ2) is 7.90. The minimum absolute atomic E-state index is 0.361. The predicted octanol–water partition coefficient (Wildman–Crippen LogP) is 7.08. The number of fused-ring (bicyclic) bond motifs is 6. The van der Waals surface area contributed by atoms with E-state index in [1.54, 1.807) is 17.5 Å². The second-order valence-electron chi connectivity index (χ2n) is 10.7. The van der Waals surface area contributed by atoms with Crippen molar-refractivity contribution in [2.24, 2.45) is 0 Å². The molecule has 0 amide bonds. The first-order valence-electron chi connectivity index (χ1n) is 13.3. The third-order valence-corrected chi connectivity index (χ3v) is 8.74. The van der Waals surface area contributed by atoms with E-state index >= 15 is 0 Å². The molecule has 36 heavy (non-hydrogen) atoms. The fourth-order valence-electron chi connectivity index (χ4n) is 7.05. The predicted molar refractivity (Wildman–Crippen MR) is 144 cm³/mol. The SMILES string of the molecule is c1ncc(-c2ccc(-c3ccc(-c4ccc5nc([C@@H]6CCCN6)[nH]c5c4)c4c3[C@H]3CC[C@@H]4C3)cc2)[nH]1. The van der Waals surface area contributed by atoms with Gasteiger partial charge in [0.2, 0.25) is 0 Å². The Hall–Kier alpha value is -3.70. The molecule has 3 aliphatic rings. The summed E-state index contributed by atoms with van der Waals surface area (Å²) in [6.45, 7) is 1.08. The first kappa shape index (κ1) is 20.5. The average molecular weight is 472 g/mol. The van der Waals surface area contributed by atoms with Crippen molar-refractivity contribution < 1.29 is 0 Å². The number of aromatic nitrogens is 4. The summed E-state index contributed by atoms with van der Waals surface area (Å²) in [7, 11) is 0. The standard InChI is InChI=1S/C31H29N5/c1-2-26(33-13-1)31-35-25-12-9-20(15-27(25)36-31)24-11-10-23(29-21-7-8-22(14-21)30(24)29)18-3-5-19(6-4-18)28-16-32-17-34-28/h3-6,9-12,15-17,21-22,26,33H,1-2,7-8,13-14H2,(H,32,34)(H,35,36)/t21-,22+,26-/m0/s1. The lowest BCUT2D eigenvalue weighted by atomic mass is 9.81. The normalized spacial score (nSPS) is 22.5. The Bertz CT molecular complexity index is 1570. The van der Waals surface area contributed by atoms with E-state index in [2.05, 4.69) is 74.9 Å². The highest BCUT2D eigenvalue weighted by atomic mass is 15.0. The number of hydrogen-bond donors (Lipinski definition) is 3. The number of imidazole rings is 2. The first-order valence-corrected chi connectivity index (χ1v) is 13.3. The fraction of sp³-hybridized carbons (Fsp3) is 0.290. The van der Waals surface area contributed by atoms with Gasteiger partial charge in [-0.1, -0.05) is 42.5 Å². The van der Waals surface area contributed by atoms with Gasteiger partial charge in [0.1, 0.15) is 5.82 Å². The van der Waals surface area contributed by atoms with Crippen LogP contribution in [0.1, 0.15) is 66.9 Å². The smallest absolute Gasteiger partial charge is 0.124 e. The third kappa shape index (κ3) is 3.12. The molecule has 2 bridgehead atoms. The number of hydrogen-bond acceptors (Lipinski definition) is 3. The highest BCUT2D eigenvalue weighted by Gasteiger charge is 2.40. The van der Waals surface area contributed by atoms with Crippen LogP contribution in [0.2, 0.25) is 0 Å². The van der Waals surface area contributed by atoms with E-state index in [0.29, 0.717) is 17.9 Å². The summed E-state index contributed by atoms with van der Waals surface area (Å²) >= 11 is 0. The summed E-state index contributed by atoms with van der Waals surface area (Å²) in [5, 5.41) is 3.57. The number of benzene rings is 3. The summed E-state index contributed by atoms with van der Waals surface area (Å²) < 4.78 is 0. The van der Waals surface area contributed by atoms with Gasteiger partial charge in [-0.15, -0.1) is 0 Å². The van der Waals surface area contributed by atoms with Crippen molar-refractivity contribution in [3.8, 4) is 33.5 Å². The molecule has 3 aromatic carbocycles. The van der Waals surface area contributed by atoms with Crippen LogP contribution in [0.3, 0.4) is 0 Å². The summed E-state index contributed by atoms with van der Waals surface area (Å²) in [5.74, 6) is 2.45. The maximum atomic E-state index is 4.90. The Morgan fingerprint density at radius 2 is 1.53 bits per heavy atom. The maximum Gasteiger partial charge on any atom is 0.124 e. The van der Waals surface area contributed by atoms with Gasteiger partial charge in [-0.05, 0) is 102 Å². The van der Waals surface area contributed by atoms with Gasteiger partial charge in [0, 0.05) is 0 Å². The summed E-state index contributed by atoms with van der Waals surface area (Å²) in [6.07, 6.45) is 9.93. The Balaban J connectivity index is 1.21. The molecule has 5 aromatic rings. The van der Waals surface area contributed by atoms with Gasteiger partial charge in [0.05, 0.1) is 35.3 Å². The van der Waals surface area contributed by atoms with E-state index in [1.165, 1.54) is 53.5 Å². The molecule has 1 saturated carbocycles. The van der Waals surface area contributed by atoms with Gasteiger partial charge in [-0.2, -0.15) is 0 Å². The van der Waals surface area contributed by atoms with Crippen LogP contribution < -0.4 is 5.32 Å². The zero-order chi connectivity index (χ0) is 23.6. The van der Waals surface area contributed by atoms with Crippen LogP contribution in [-0.2, 0) is 0 Å². The molecule has 5 heteroatoms. The van der Waals surface area contributed by atoms with E-state index in [1.807, 2.05) is 6.20 Å². The molecule has 2 aliphatic carbocycles. The van der Waals surface area contributed by atoms with Crippen molar-refractivity contribution in [3.05, 3.63) is 84.1 Å². The zero-order valence-electron chi connectivity index (χ0n) is 20.2. The Morgan fingerprint density at radius 3 is 2.25 bits per heavy atom. The minimum Gasteiger partial charge on any atom is -0.345 e. The van der Waals surface area contributed by atoms with Crippen LogP contribution >= 0.6 is 0 Å². The van der Waals surface area contributed by atoms with E-state index in [9.17, 15) is 0 Å². The van der Waals surface area contributed by atoms with Crippen LogP contribution in [0.4, 0.5) is 0 Å². The van der Waals surface area contributed by atoms with Gasteiger partial charge in [-0.3, -0.25) is 0 Å². The molecule has 1 aliphatic heterocycles. The molecule has 3 heterocycles. The maximum absolute atomic E-state index is 4.90. The summed E-state index contributed by atoms with van der Waals surface area (Å²) in [5.41, 5.74) is 13.1. The van der Waals surface area contributed by atoms with Crippen molar-refractivity contribution in [3.63, 3.8) is 0 Å². The van der Waals surface area contributed by atoms with Crippen molar-refractivity contribution in [2.45, 2.75) is 50.0 Å². The zero-order valence-corrected chi connectivity index (χ0v) is 20.2. The molecule has 2 fully saturated rings. The lowest BCUT2D eigenvalue weighted by Gasteiger charge is -2.23. The van der Waals surface area contributed by atoms with Crippen LogP contribution in [0.25, 0.3) is 44.5 Å². The van der Waals surface area contributed by atoms with Gasteiger partial charge >= 0.3 is 0 Å². The number of aromatic amines is 2. The highest BCUT2D eigenvalue weighted by molar-refractivity contribution is 5.86. The number of nitrogens with zero attached hydrogens (tertiary/aromatic N) is 2. The molecule has 1 saturated heterocycles. The Kier molecular flexibility index (Phi) is 4.50. The molecule has 0 unspecified atom stereocenters. The van der Waals surface area contributed by atoms with Crippen LogP contribution in [0.5, 0.6) is 0 Å². The van der Waals surface area contributed by atoms with Crippen molar-refractivity contribution in [2.75, 3.05) is 6.54 Å². The molecular formula is C31H29N5. The molecule has 3 N–H and O–H groups in total. The summed E-state index contributed by atoms with van der Waals surface area (Å²) in [6, 6.07) is 20.8. The molecule has 2 aromatic heterocycles. The second-order valence-corrected chi connectivity index (χ2v) is 10.7. The van der Waals surface area contributed by atoms with Crippen molar-refractivity contribution >= 4 is 11.0 Å². The molecule has 0 radical (unpaired) electrons. The highest BCUT2D eigenvalue weighted by Crippen LogP contribution is 2.58. The molecule has 3 atom stereocenters. The largest absolute Gasteiger partial charge is 0.345 e. The van der Waals surface area contributed by atoms with Gasteiger partial charge < -0.3 is 15.3 Å². The van der Waals surface area contributed by atoms with E-state index in [0.717, 1.165) is 35.5 Å². The van der Waals surface area contributed by atoms with Gasteiger partial charge in [0.25, 0.3) is 0 Å². The van der Waals surface area contributed by atoms with E-state index in [-0.39, 0.29) is 0 Å². The van der Waals surface area contributed by atoms with Gasteiger partial charge in [0.15, 0.2) is 0 Å². The topological polar surface area (TPSA) is 69.4 Å². The molecule has 178 valence electrons. The van der Waals surface area contributed by atoms with E-state index in [4.69, 9.17) is 4.98 Å². The van der Waals surface area contributed by atoms with E-state index < -0.39 is 0 Å². The number of H-pyrrole nitrogens is 2. The number of rotatable bonds is 4. The van der Waals surface area contributed by atoms with Crippen molar-refractivity contribution in [1.29, 1.82) is 0 Å².